The fourth-order valence-electron chi connectivity index (χ4n) is 0.829. The van der Waals surface area contributed by atoms with Crippen molar-refractivity contribution in [2.24, 2.45) is 0 Å². The maximum Gasteiger partial charge on any atom is 0.416 e. The van der Waals surface area contributed by atoms with Crippen molar-refractivity contribution in [3.63, 3.8) is 0 Å². The normalized spacial score (nSPS) is 11.8. The second-order valence-electron chi connectivity index (χ2n) is 2.30. The number of rotatable bonds is 1. The fraction of sp³-hybridized carbons (Fsp3) is 0.286. The first kappa shape index (κ1) is 10.2. The molecule has 1 aromatic heterocycles. The van der Waals surface area contributed by atoms with Crippen molar-refractivity contribution in [2.45, 2.75) is 12.1 Å². The predicted octanol–water partition coefficient (Wildman–Crippen LogP) is 2.98. The summed E-state index contributed by atoms with van der Waals surface area (Å²) in [7, 11) is 0. The van der Waals surface area contributed by atoms with E-state index in [9.17, 15) is 17.6 Å². The molecule has 0 amide bonds. The lowest BCUT2D eigenvalue weighted by Gasteiger charge is -2.09. The minimum absolute atomic E-state index is 0.226. The highest BCUT2D eigenvalue weighted by Gasteiger charge is 2.33. The molecule has 1 nitrogen and oxygen atoms in total. The standard InChI is InChI=1S/C7H4ClF4N/c8-2-4-3-13-6(9)1-5(4)7(10,11)12/h1,3H,2H2. The van der Waals surface area contributed by atoms with Crippen LogP contribution in [0.15, 0.2) is 12.3 Å². The Morgan fingerprint density at radius 2 is 2.00 bits per heavy atom. The van der Waals surface area contributed by atoms with E-state index in [0.29, 0.717) is 6.07 Å². The van der Waals surface area contributed by atoms with Crippen LogP contribution in [-0.4, -0.2) is 4.98 Å². The van der Waals surface area contributed by atoms with Crippen LogP contribution in [0, 0.1) is 5.95 Å². The second kappa shape index (κ2) is 3.49. The number of nitrogens with zero attached hydrogens (tertiary/aromatic N) is 1. The van der Waals surface area contributed by atoms with Crippen molar-refractivity contribution in [2.75, 3.05) is 0 Å². The van der Waals surface area contributed by atoms with Crippen molar-refractivity contribution in [1.82, 2.24) is 4.98 Å². The first-order chi connectivity index (χ1) is 5.95. The van der Waals surface area contributed by atoms with Crippen LogP contribution in [0.2, 0.25) is 0 Å². The summed E-state index contributed by atoms with van der Waals surface area (Å²) in [5, 5.41) is 0. The molecule has 1 heterocycles. The third kappa shape index (κ3) is 2.30. The van der Waals surface area contributed by atoms with Gasteiger partial charge >= 0.3 is 6.18 Å². The quantitative estimate of drug-likeness (QED) is 0.397. The zero-order valence-corrected chi connectivity index (χ0v) is 6.95. The number of pyridine rings is 1. The molecule has 6 heteroatoms. The molecular formula is C7H4ClF4N. The Morgan fingerprint density at radius 3 is 2.46 bits per heavy atom. The summed E-state index contributed by atoms with van der Waals surface area (Å²) in [6.45, 7) is 0. The summed E-state index contributed by atoms with van der Waals surface area (Å²) in [5.41, 5.74) is -1.30. The SMILES string of the molecule is Fc1cc(C(F)(F)F)c(CCl)cn1. The third-order valence-corrected chi connectivity index (χ3v) is 1.69. The van der Waals surface area contributed by atoms with Gasteiger partial charge in [-0.25, -0.2) is 4.98 Å². The third-order valence-electron chi connectivity index (χ3n) is 1.40. The molecule has 1 aromatic rings. The van der Waals surface area contributed by atoms with Crippen LogP contribution in [0.4, 0.5) is 17.6 Å². The summed E-state index contributed by atoms with van der Waals surface area (Å²) in [5.74, 6) is -1.51. The predicted molar refractivity (Wildman–Crippen MR) is 38.8 cm³/mol. The highest BCUT2D eigenvalue weighted by atomic mass is 35.5. The van der Waals surface area contributed by atoms with Crippen LogP contribution >= 0.6 is 11.6 Å². The first-order valence-corrected chi connectivity index (χ1v) is 3.76. The van der Waals surface area contributed by atoms with Gasteiger partial charge in [-0.05, 0) is 5.56 Å². The molecule has 0 fully saturated rings. The van der Waals surface area contributed by atoms with Crippen LogP contribution in [0.5, 0.6) is 0 Å². The van der Waals surface area contributed by atoms with E-state index in [1.165, 1.54) is 0 Å². The molecule has 1 rings (SSSR count). The number of halogens is 5. The van der Waals surface area contributed by atoms with Gasteiger partial charge in [-0.3, -0.25) is 0 Å². The van der Waals surface area contributed by atoms with Gasteiger partial charge in [0.2, 0.25) is 5.95 Å². The average molecular weight is 214 g/mol. The zero-order valence-electron chi connectivity index (χ0n) is 6.20. The largest absolute Gasteiger partial charge is 0.416 e. The molecule has 13 heavy (non-hydrogen) atoms. The van der Waals surface area contributed by atoms with Gasteiger partial charge in [0.1, 0.15) is 0 Å². The van der Waals surface area contributed by atoms with Crippen LogP contribution < -0.4 is 0 Å². The van der Waals surface area contributed by atoms with E-state index in [0.717, 1.165) is 6.20 Å². The zero-order chi connectivity index (χ0) is 10.1. The number of hydrogen-bond donors (Lipinski definition) is 0. The molecule has 0 atom stereocenters. The van der Waals surface area contributed by atoms with Crippen molar-refractivity contribution in [3.05, 3.63) is 29.3 Å². The lowest BCUT2D eigenvalue weighted by atomic mass is 10.1. The molecule has 72 valence electrons. The maximum atomic E-state index is 12.4. The molecule has 0 unspecified atom stereocenters. The monoisotopic (exact) mass is 213 g/mol. The summed E-state index contributed by atoms with van der Waals surface area (Å²) in [4.78, 5) is 3.07. The first-order valence-electron chi connectivity index (χ1n) is 3.22. The topological polar surface area (TPSA) is 12.9 Å². The van der Waals surface area contributed by atoms with E-state index >= 15 is 0 Å². The molecule has 0 saturated carbocycles. The van der Waals surface area contributed by atoms with E-state index in [1.807, 2.05) is 0 Å². The minimum Gasteiger partial charge on any atom is -0.228 e. The van der Waals surface area contributed by atoms with Gasteiger partial charge in [0.05, 0.1) is 5.56 Å². The van der Waals surface area contributed by atoms with Crippen molar-refractivity contribution in [1.29, 1.82) is 0 Å². The van der Waals surface area contributed by atoms with Gasteiger partial charge < -0.3 is 0 Å². The number of hydrogen-bond acceptors (Lipinski definition) is 1. The van der Waals surface area contributed by atoms with Crippen molar-refractivity contribution >= 4 is 11.6 Å². The fourth-order valence-corrected chi connectivity index (χ4v) is 1.04. The Morgan fingerprint density at radius 1 is 1.38 bits per heavy atom. The highest BCUT2D eigenvalue weighted by molar-refractivity contribution is 6.17. The maximum absolute atomic E-state index is 12.4. The van der Waals surface area contributed by atoms with Gasteiger partial charge in [-0.15, -0.1) is 11.6 Å². The highest BCUT2D eigenvalue weighted by Crippen LogP contribution is 2.32. The van der Waals surface area contributed by atoms with Gasteiger partial charge in [0.15, 0.2) is 0 Å². The molecule has 0 aromatic carbocycles. The van der Waals surface area contributed by atoms with E-state index < -0.39 is 17.7 Å². The Hall–Kier alpha value is -0.840. The number of alkyl halides is 4. The molecule has 0 radical (unpaired) electrons. The Balaban J connectivity index is 3.24. The van der Waals surface area contributed by atoms with Gasteiger partial charge in [-0.1, -0.05) is 0 Å². The molecular weight excluding hydrogens is 210 g/mol. The van der Waals surface area contributed by atoms with Crippen LogP contribution in [-0.2, 0) is 12.1 Å². The van der Waals surface area contributed by atoms with Crippen LogP contribution in [0.1, 0.15) is 11.1 Å². The molecule has 0 aliphatic heterocycles. The van der Waals surface area contributed by atoms with E-state index in [2.05, 4.69) is 4.98 Å². The minimum atomic E-state index is -4.59. The molecule has 0 bridgehead atoms. The molecule has 0 saturated heterocycles. The summed E-state index contributed by atoms with van der Waals surface area (Å²) in [6, 6.07) is 0.331. The van der Waals surface area contributed by atoms with Gasteiger partial charge in [-0.2, -0.15) is 17.6 Å². The van der Waals surface area contributed by atoms with Crippen LogP contribution in [0.25, 0.3) is 0 Å². The van der Waals surface area contributed by atoms with E-state index in [4.69, 9.17) is 11.6 Å². The van der Waals surface area contributed by atoms with Crippen LogP contribution in [0.3, 0.4) is 0 Å². The van der Waals surface area contributed by atoms with Gasteiger partial charge in [0, 0.05) is 18.1 Å². The molecule has 0 spiro atoms. The second-order valence-corrected chi connectivity index (χ2v) is 2.56. The Bertz CT molecular complexity index is 310. The van der Waals surface area contributed by atoms with Gasteiger partial charge in [0.25, 0.3) is 0 Å². The van der Waals surface area contributed by atoms with E-state index in [-0.39, 0.29) is 11.4 Å². The smallest absolute Gasteiger partial charge is 0.228 e. The Labute approximate surface area is 76.3 Å². The van der Waals surface area contributed by atoms with Crippen molar-refractivity contribution in [3.8, 4) is 0 Å². The summed E-state index contributed by atoms with van der Waals surface area (Å²) in [6.07, 6.45) is -3.81. The number of aromatic nitrogens is 1. The van der Waals surface area contributed by atoms with Crippen molar-refractivity contribution < 1.29 is 17.6 Å². The molecule has 0 aliphatic rings. The average Bonchev–Trinajstić information content (AvgIpc) is 2.03. The lowest BCUT2D eigenvalue weighted by molar-refractivity contribution is -0.138. The summed E-state index contributed by atoms with van der Waals surface area (Å²) >= 11 is 5.23. The van der Waals surface area contributed by atoms with E-state index in [1.54, 1.807) is 0 Å². The molecule has 0 aliphatic carbocycles. The molecule has 0 N–H and O–H groups in total. The Kier molecular flexibility index (Phi) is 2.75. The summed E-state index contributed by atoms with van der Waals surface area (Å²) < 4.78 is 48.8. The lowest BCUT2D eigenvalue weighted by Crippen LogP contribution is -2.09.